The first-order valence-corrected chi connectivity index (χ1v) is 8.76. The summed E-state index contributed by atoms with van der Waals surface area (Å²) in [5, 5.41) is 38.2. The van der Waals surface area contributed by atoms with Crippen LogP contribution in [0.4, 0.5) is 0 Å². The molecule has 0 aromatic heterocycles. The number of carbonyl (C=O) groups excluding carboxylic acids is 3. The molecule has 1 aliphatic rings. The molecule has 154 valence electrons. The Morgan fingerprint density at radius 3 is 2.43 bits per heavy atom. The summed E-state index contributed by atoms with van der Waals surface area (Å²) in [5.41, 5.74) is -2.22. The third kappa shape index (κ3) is 4.18. The van der Waals surface area contributed by atoms with Gasteiger partial charge < -0.3 is 29.9 Å². The molecule has 9 nitrogen and oxygen atoms in total. The molecule has 4 N–H and O–H groups in total. The highest BCUT2D eigenvalue weighted by Gasteiger charge is 2.55. The Morgan fingerprint density at radius 1 is 1.21 bits per heavy atom. The minimum Gasteiger partial charge on any atom is -0.485 e. The fourth-order valence-corrected chi connectivity index (χ4v) is 3.31. The highest BCUT2D eigenvalue weighted by Crippen LogP contribution is 2.34. The summed E-state index contributed by atoms with van der Waals surface area (Å²) in [6.45, 7) is 0.510. The molecule has 1 aromatic carbocycles. The average molecular weight is 417 g/mol. The second-order valence-electron chi connectivity index (χ2n) is 6.55. The van der Waals surface area contributed by atoms with E-state index in [1.165, 1.54) is 32.2 Å². The topological polar surface area (TPSA) is 151 Å². The number of esters is 1. The Hall–Kier alpha value is -2.04. The van der Waals surface area contributed by atoms with E-state index in [9.17, 15) is 34.8 Å². The number of carbonyl (C=O) groups is 3. The minimum absolute atomic E-state index is 0.0137. The van der Waals surface area contributed by atoms with Crippen LogP contribution in [0.15, 0.2) is 18.2 Å². The molecule has 0 aliphatic heterocycles. The van der Waals surface area contributed by atoms with Gasteiger partial charge in [0.15, 0.2) is 5.78 Å². The number of Topliss-reactive ketones (excluding diaryl/α,β-unsaturated/α-hetero) is 2. The summed E-state index contributed by atoms with van der Waals surface area (Å²) in [6, 6.07) is 3.88. The van der Waals surface area contributed by atoms with Crippen LogP contribution >= 0.6 is 11.6 Å². The predicted octanol–water partition coefficient (Wildman–Crippen LogP) is -0.551. The van der Waals surface area contributed by atoms with Crippen molar-refractivity contribution in [3.63, 3.8) is 0 Å². The second kappa shape index (κ2) is 8.54. The Bertz CT molecular complexity index is 780. The van der Waals surface area contributed by atoms with Crippen LogP contribution in [-0.2, 0) is 9.53 Å². The number of aliphatic hydroxyl groups excluding tert-OH is 3. The molecule has 0 spiro atoms. The molecule has 0 bridgehead atoms. The summed E-state index contributed by atoms with van der Waals surface area (Å²) in [7, 11) is 1.19. The standard InChI is InChI=1S/C18H21ClO9/c1-8(20)10-5-9(17(25)27-2)3-4-12(10)28-7-13(22)18(26)6-11(21)14(23)15(24)16(18)19/h3-5,11,14-16,21,23-24,26H,6-7H2,1-2H3/t11-,14?,15-,16?,18?/m1/s1. The Kier molecular flexibility index (Phi) is 6.79. The van der Waals surface area contributed by atoms with Gasteiger partial charge in [0.1, 0.15) is 30.2 Å². The largest absolute Gasteiger partial charge is 0.485 e. The van der Waals surface area contributed by atoms with Gasteiger partial charge in [0, 0.05) is 6.42 Å². The number of alkyl halides is 1. The second-order valence-corrected chi connectivity index (χ2v) is 7.02. The number of halogens is 1. The summed E-state index contributed by atoms with van der Waals surface area (Å²) >= 11 is 5.91. The van der Waals surface area contributed by atoms with Crippen LogP contribution in [0.2, 0.25) is 0 Å². The number of ether oxygens (including phenoxy) is 2. The quantitative estimate of drug-likeness (QED) is 0.272. The van der Waals surface area contributed by atoms with E-state index < -0.39 is 59.9 Å². The molecule has 10 heteroatoms. The lowest BCUT2D eigenvalue weighted by molar-refractivity contribution is -0.170. The minimum atomic E-state index is -2.35. The Labute approximate surface area is 165 Å². The SMILES string of the molecule is COC(=O)c1ccc(OCC(=O)C2(O)C[C@@H](O)C(O)[C@@H](O)C2Cl)c(C(C)=O)c1. The zero-order chi connectivity index (χ0) is 21.2. The molecule has 1 aliphatic carbocycles. The predicted molar refractivity (Wildman–Crippen MR) is 95.5 cm³/mol. The van der Waals surface area contributed by atoms with Crippen LogP contribution in [0.25, 0.3) is 0 Å². The van der Waals surface area contributed by atoms with E-state index in [0.29, 0.717) is 0 Å². The number of hydrogen-bond acceptors (Lipinski definition) is 9. The molecular formula is C18H21ClO9. The number of methoxy groups -OCH3 is 1. The molecule has 3 unspecified atom stereocenters. The van der Waals surface area contributed by atoms with E-state index in [4.69, 9.17) is 16.3 Å². The van der Waals surface area contributed by atoms with Crippen LogP contribution < -0.4 is 4.74 Å². The summed E-state index contributed by atoms with van der Waals surface area (Å²) in [4.78, 5) is 35.9. The maximum Gasteiger partial charge on any atom is 0.337 e. The van der Waals surface area contributed by atoms with Crippen molar-refractivity contribution < 1.29 is 44.3 Å². The summed E-state index contributed by atoms with van der Waals surface area (Å²) in [5.74, 6) is -2.06. The van der Waals surface area contributed by atoms with Gasteiger partial charge in [0.05, 0.1) is 29.7 Å². The van der Waals surface area contributed by atoms with Crippen molar-refractivity contribution >= 4 is 29.1 Å². The number of ketones is 2. The average Bonchev–Trinajstić information content (AvgIpc) is 2.67. The molecular weight excluding hydrogens is 396 g/mol. The first-order valence-electron chi connectivity index (χ1n) is 8.33. The van der Waals surface area contributed by atoms with Crippen LogP contribution in [0.5, 0.6) is 5.75 Å². The number of benzene rings is 1. The van der Waals surface area contributed by atoms with E-state index in [2.05, 4.69) is 4.74 Å². The van der Waals surface area contributed by atoms with E-state index in [-0.39, 0.29) is 16.9 Å². The fraction of sp³-hybridized carbons (Fsp3) is 0.500. The van der Waals surface area contributed by atoms with Gasteiger partial charge in [0.2, 0.25) is 5.78 Å². The maximum absolute atomic E-state index is 12.5. The van der Waals surface area contributed by atoms with Gasteiger partial charge in [-0.15, -0.1) is 11.6 Å². The van der Waals surface area contributed by atoms with E-state index in [0.717, 1.165) is 0 Å². The lowest BCUT2D eigenvalue weighted by atomic mass is 9.77. The Balaban J connectivity index is 2.20. The molecule has 1 fully saturated rings. The monoisotopic (exact) mass is 416 g/mol. The maximum atomic E-state index is 12.5. The zero-order valence-electron chi connectivity index (χ0n) is 15.2. The number of aliphatic hydroxyl groups is 4. The van der Waals surface area contributed by atoms with Crippen molar-refractivity contribution in [3.05, 3.63) is 29.3 Å². The van der Waals surface area contributed by atoms with Gasteiger partial charge in [-0.2, -0.15) is 0 Å². The molecule has 0 heterocycles. The lowest BCUT2D eigenvalue weighted by Gasteiger charge is -2.42. The van der Waals surface area contributed by atoms with Gasteiger partial charge in [-0.1, -0.05) is 0 Å². The molecule has 0 saturated heterocycles. The smallest absolute Gasteiger partial charge is 0.337 e. The molecule has 1 aromatic rings. The van der Waals surface area contributed by atoms with Gasteiger partial charge in [-0.25, -0.2) is 4.79 Å². The molecule has 0 amide bonds. The zero-order valence-corrected chi connectivity index (χ0v) is 15.9. The highest BCUT2D eigenvalue weighted by atomic mass is 35.5. The molecule has 28 heavy (non-hydrogen) atoms. The van der Waals surface area contributed by atoms with Crippen LogP contribution in [0.3, 0.4) is 0 Å². The lowest BCUT2D eigenvalue weighted by Crippen LogP contribution is -2.64. The first-order chi connectivity index (χ1) is 13.0. The molecule has 5 atom stereocenters. The third-order valence-electron chi connectivity index (χ3n) is 4.64. The van der Waals surface area contributed by atoms with Gasteiger partial charge in [0.25, 0.3) is 0 Å². The summed E-state index contributed by atoms with van der Waals surface area (Å²) < 4.78 is 9.91. The van der Waals surface area contributed by atoms with Crippen LogP contribution in [-0.4, -0.2) is 81.0 Å². The number of hydrogen-bond donors (Lipinski definition) is 4. The van der Waals surface area contributed by atoms with Crippen LogP contribution in [0.1, 0.15) is 34.1 Å². The van der Waals surface area contributed by atoms with Crippen molar-refractivity contribution in [3.8, 4) is 5.75 Å². The van der Waals surface area contributed by atoms with Gasteiger partial charge >= 0.3 is 5.97 Å². The molecule has 0 radical (unpaired) electrons. The third-order valence-corrected chi connectivity index (χ3v) is 5.26. The number of rotatable bonds is 6. The van der Waals surface area contributed by atoms with Crippen molar-refractivity contribution in [2.75, 3.05) is 13.7 Å². The van der Waals surface area contributed by atoms with Crippen molar-refractivity contribution in [2.45, 2.75) is 42.6 Å². The molecule has 2 rings (SSSR count). The highest BCUT2D eigenvalue weighted by molar-refractivity contribution is 6.24. The fourth-order valence-electron chi connectivity index (χ4n) is 2.95. The first kappa shape index (κ1) is 22.3. The van der Waals surface area contributed by atoms with Crippen molar-refractivity contribution in [1.29, 1.82) is 0 Å². The van der Waals surface area contributed by atoms with Gasteiger partial charge in [-0.05, 0) is 25.1 Å². The summed E-state index contributed by atoms with van der Waals surface area (Å²) in [6.07, 6.45) is -5.49. The van der Waals surface area contributed by atoms with Crippen molar-refractivity contribution in [1.82, 2.24) is 0 Å². The molecule has 1 saturated carbocycles. The van der Waals surface area contributed by atoms with E-state index >= 15 is 0 Å². The van der Waals surface area contributed by atoms with Gasteiger partial charge in [-0.3, -0.25) is 9.59 Å². The normalized spacial score (nSPS) is 29.8. The van der Waals surface area contributed by atoms with Crippen LogP contribution in [0, 0.1) is 0 Å². The van der Waals surface area contributed by atoms with Crippen molar-refractivity contribution in [2.24, 2.45) is 0 Å². The van der Waals surface area contributed by atoms with E-state index in [1.807, 2.05) is 0 Å². The van der Waals surface area contributed by atoms with E-state index in [1.54, 1.807) is 0 Å². The Morgan fingerprint density at radius 2 is 1.86 bits per heavy atom.